The minimum atomic E-state index is -1.01. The molecule has 1 amide bonds. The van der Waals surface area contributed by atoms with Crippen LogP contribution in [0.2, 0.25) is 0 Å². The Balaban J connectivity index is 1.73. The Morgan fingerprint density at radius 3 is 2.73 bits per heavy atom. The molecule has 0 spiro atoms. The molecule has 22 heavy (non-hydrogen) atoms. The van der Waals surface area contributed by atoms with Crippen molar-refractivity contribution in [1.82, 2.24) is 9.78 Å². The number of carbonyl (C=O) groups is 1. The van der Waals surface area contributed by atoms with E-state index in [9.17, 15) is 4.79 Å². The molecule has 1 N–H and O–H groups in total. The molecule has 1 atom stereocenters. The molecule has 114 valence electrons. The molecule has 1 aromatic carbocycles. The molecule has 0 fully saturated rings. The van der Waals surface area contributed by atoms with E-state index < -0.39 is 5.60 Å². The maximum atomic E-state index is 12.5. The average Bonchev–Trinajstić information content (AvgIpc) is 3.04. The van der Waals surface area contributed by atoms with E-state index in [4.69, 9.17) is 4.84 Å². The molecule has 0 saturated carbocycles. The van der Waals surface area contributed by atoms with Crippen LogP contribution in [-0.4, -0.2) is 27.0 Å². The fourth-order valence-electron chi connectivity index (χ4n) is 2.42. The highest BCUT2D eigenvalue weighted by Gasteiger charge is 2.42. The normalized spacial score (nSPS) is 20.4. The highest BCUT2D eigenvalue weighted by molar-refractivity contribution is 6.07. The van der Waals surface area contributed by atoms with Gasteiger partial charge in [0.25, 0.3) is 5.91 Å². The van der Waals surface area contributed by atoms with Crippen molar-refractivity contribution in [1.29, 1.82) is 0 Å². The van der Waals surface area contributed by atoms with Crippen LogP contribution in [0.3, 0.4) is 0 Å². The molecular formula is C16H18N4O2. The number of oxime groups is 1. The van der Waals surface area contributed by atoms with Crippen molar-refractivity contribution in [3.05, 3.63) is 47.7 Å². The topological polar surface area (TPSA) is 68.5 Å². The summed E-state index contributed by atoms with van der Waals surface area (Å²) in [5.41, 5.74) is 1.58. The van der Waals surface area contributed by atoms with Crippen LogP contribution in [0.1, 0.15) is 24.6 Å². The van der Waals surface area contributed by atoms with E-state index in [1.165, 1.54) is 0 Å². The highest BCUT2D eigenvalue weighted by atomic mass is 16.7. The number of anilines is 1. The molecule has 1 aromatic heterocycles. The number of nitrogens with one attached hydrogen (secondary N) is 1. The van der Waals surface area contributed by atoms with Crippen molar-refractivity contribution < 1.29 is 9.63 Å². The predicted octanol–water partition coefficient (Wildman–Crippen LogP) is 2.25. The third-order valence-electron chi connectivity index (χ3n) is 3.69. The predicted molar refractivity (Wildman–Crippen MR) is 83.7 cm³/mol. The van der Waals surface area contributed by atoms with Crippen LogP contribution < -0.4 is 5.32 Å². The molecule has 1 aliphatic rings. The lowest BCUT2D eigenvalue weighted by Crippen LogP contribution is -2.40. The number of benzene rings is 1. The molecule has 0 bridgehead atoms. The first kappa shape index (κ1) is 14.3. The Kier molecular flexibility index (Phi) is 3.44. The van der Waals surface area contributed by atoms with E-state index in [2.05, 4.69) is 15.6 Å². The molecule has 0 saturated heterocycles. The molecule has 2 aromatic rings. The van der Waals surface area contributed by atoms with Crippen molar-refractivity contribution in [3.8, 4) is 0 Å². The van der Waals surface area contributed by atoms with Gasteiger partial charge in [-0.2, -0.15) is 5.10 Å². The summed E-state index contributed by atoms with van der Waals surface area (Å²) in [5, 5.41) is 11.1. The molecule has 6 heteroatoms. The molecule has 0 aliphatic carbocycles. The van der Waals surface area contributed by atoms with Crippen molar-refractivity contribution in [3.63, 3.8) is 0 Å². The van der Waals surface area contributed by atoms with Gasteiger partial charge in [-0.3, -0.25) is 9.48 Å². The molecule has 1 unspecified atom stereocenters. The zero-order chi connectivity index (χ0) is 15.7. The summed E-state index contributed by atoms with van der Waals surface area (Å²) in [6, 6.07) is 11.5. The Labute approximate surface area is 128 Å². The quantitative estimate of drug-likeness (QED) is 0.945. The van der Waals surface area contributed by atoms with E-state index >= 15 is 0 Å². The number of aryl methyl sites for hydroxylation is 2. The Bertz CT molecular complexity index is 736. The second-order valence-corrected chi connectivity index (χ2v) is 5.65. The van der Waals surface area contributed by atoms with E-state index in [-0.39, 0.29) is 5.91 Å². The van der Waals surface area contributed by atoms with E-state index in [0.717, 1.165) is 17.0 Å². The van der Waals surface area contributed by atoms with E-state index in [0.29, 0.717) is 12.2 Å². The lowest BCUT2D eigenvalue weighted by Gasteiger charge is -2.20. The van der Waals surface area contributed by atoms with Crippen LogP contribution in [0.25, 0.3) is 0 Å². The first-order chi connectivity index (χ1) is 10.5. The molecule has 0 radical (unpaired) electrons. The van der Waals surface area contributed by atoms with Crippen molar-refractivity contribution in [2.75, 3.05) is 5.32 Å². The molecule has 2 heterocycles. The third kappa shape index (κ3) is 2.59. The minimum Gasteiger partial charge on any atom is -0.379 e. The van der Waals surface area contributed by atoms with E-state index in [1.54, 1.807) is 18.7 Å². The lowest BCUT2D eigenvalue weighted by atomic mass is 9.95. The molecule has 3 rings (SSSR count). The van der Waals surface area contributed by atoms with Gasteiger partial charge >= 0.3 is 0 Å². The van der Waals surface area contributed by atoms with Gasteiger partial charge in [-0.25, -0.2) is 0 Å². The lowest BCUT2D eigenvalue weighted by molar-refractivity contribution is -0.136. The zero-order valence-corrected chi connectivity index (χ0v) is 12.8. The maximum Gasteiger partial charge on any atom is 0.272 e. The summed E-state index contributed by atoms with van der Waals surface area (Å²) in [4.78, 5) is 18.0. The summed E-state index contributed by atoms with van der Waals surface area (Å²) in [6.07, 6.45) is 0.430. The smallest absolute Gasteiger partial charge is 0.272 e. The van der Waals surface area contributed by atoms with Crippen LogP contribution in [0.15, 0.2) is 41.6 Å². The summed E-state index contributed by atoms with van der Waals surface area (Å²) in [6.45, 7) is 3.62. The molecule has 1 aliphatic heterocycles. The Hall–Kier alpha value is -2.63. The fourth-order valence-corrected chi connectivity index (χ4v) is 2.42. The number of amides is 1. The number of rotatable bonds is 3. The minimum absolute atomic E-state index is 0.231. The highest BCUT2D eigenvalue weighted by Crippen LogP contribution is 2.28. The second-order valence-electron chi connectivity index (χ2n) is 5.65. The standard InChI is InChI=1S/C16H18N4O2/c1-11-9-14(20(3)18-11)17-15(21)16(2)10-13(19-22-16)12-7-5-4-6-8-12/h4-9H,10H2,1-3H3,(H,17,21). The van der Waals surface area contributed by atoms with Crippen LogP contribution in [0, 0.1) is 6.92 Å². The SMILES string of the molecule is Cc1cc(NC(=O)C2(C)CC(c3ccccc3)=NO2)n(C)n1. The second kappa shape index (κ2) is 5.29. The fraction of sp³-hybridized carbons (Fsp3) is 0.312. The van der Waals surface area contributed by atoms with Crippen molar-refractivity contribution in [2.45, 2.75) is 25.9 Å². The number of nitrogens with zero attached hydrogens (tertiary/aromatic N) is 3. The first-order valence-corrected chi connectivity index (χ1v) is 7.10. The number of hydrogen-bond acceptors (Lipinski definition) is 4. The maximum absolute atomic E-state index is 12.5. The summed E-state index contributed by atoms with van der Waals surface area (Å²) < 4.78 is 1.63. The largest absolute Gasteiger partial charge is 0.379 e. The van der Waals surface area contributed by atoms with Gasteiger partial charge in [0.05, 0.1) is 11.4 Å². The summed E-state index contributed by atoms with van der Waals surface area (Å²) in [5.74, 6) is 0.408. The van der Waals surface area contributed by atoms with Crippen LogP contribution in [0.4, 0.5) is 5.82 Å². The van der Waals surface area contributed by atoms with Gasteiger partial charge in [0.15, 0.2) is 0 Å². The van der Waals surface area contributed by atoms with Gasteiger partial charge < -0.3 is 10.2 Å². The number of hydrogen-bond donors (Lipinski definition) is 1. The number of aromatic nitrogens is 2. The van der Waals surface area contributed by atoms with Crippen molar-refractivity contribution in [2.24, 2.45) is 12.2 Å². The van der Waals surface area contributed by atoms with Crippen LogP contribution in [-0.2, 0) is 16.7 Å². The van der Waals surface area contributed by atoms with Gasteiger partial charge in [-0.05, 0) is 19.4 Å². The van der Waals surface area contributed by atoms with Gasteiger partial charge in [-0.15, -0.1) is 0 Å². The van der Waals surface area contributed by atoms with Crippen molar-refractivity contribution >= 4 is 17.4 Å². The Morgan fingerprint density at radius 2 is 2.09 bits per heavy atom. The summed E-state index contributed by atoms with van der Waals surface area (Å²) in [7, 11) is 1.78. The van der Waals surface area contributed by atoms with Gasteiger partial charge in [0, 0.05) is 19.5 Å². The zero-order valence-electron chi connectivity index (χ0n) is 12.8. The summed E-state index contributed by atoms with van der Waals surface area (Å²) >= 11 is 0. The average molecular weight is 298 g/mol. The third-order valence-corrected chi connectivity index (χ3v) is 3.69. The number of carbonyl (C=O) groups excluding carboxylic acids is 1. The van der Waals surface area contributed by atoms with Crippen LogP contribution in [0.5, 0.6) is 0 Å². The molecule has 6 nitrogen and oxygen atoms in total. The Morgan fingerprint density at radius 1 is 1.36 bits per heavy atom. The molecular weight excluding hydrogens is 280 g/mol. The van der Waals surface area contributed by atoms with Gasteiger partial charge in [0.2, 0.25) is 5.60 Å². The van der Waals surface area contributed by atoms with Gasteiger partial charge in [-0.1, -0.05) is 35.5 Å². The first-order valence-electron chi connectivity index (χ1n) is 7.10. The monoisotopic (exact) mass is 298 g/mol. The van der Waals surface area contributed by atoms with Gasteiger partial charge in [0.1, 0.15) is 5.82 Å². The van der Waals surface area contributed by atoms with E-state index in [1.807, 2.05) is 43.3 Å². The van der Waals surface area contributed by atoms with Crippen LogP contribution >= 0.6 is 0 Å².